The Morgan fingerprint density at radius 1 is 1.00 bits per heavy atom. The van der Waals surface area contributed by atoms with Crippen molar-refractivity contribution >= 4 is 35.2 Å². The number of amidine groups is 1. The molecule has 0 saturated heterocycles. The van der Waals surface area contributed by atoms with Crippen molar-refractivity contribution in [1.82, 2.24) is 9.88 Å². The van der Waals surface area contributed by atoms with Crippen molar-refractivity contribution < 1.29 is 0 Å². The number of rotatable bonds is 2. The smallest absolute Gasteiger partial charge is 0.168 e. The van der Waals surface area contributed by atoms with Gasteiger partial charge in [0.15, 0.2) is 3.95 Å². The SMILES string of the molecule is CN=C1NC(c2ccccc2)Nc2c1sc(=S)n2-c1ccccc1. The van der Waals surface area contributed by atoms with E-state index in [4.69, 9.17) is 12.2 Å². The molecule has 1 aromatic heterocycles. The largest absolute Gasteiger partial charge is 0.346 e. The second-order valence-electron chi connectivity index (χ2n) is 5.42. The molecular formula is C18H16N4S2. The lowest BCUT2D eigenvalue weighted by molar-refractivity contribution is 0.711. The van der Waals surface area contributed by atoms with E-state index >= 15 is 0 Å². The molecule has 0 spiro atoms. The van der Waals surface area contributed by atoms with Gasteiger partial charge in [0.1, 0.15) is 22.7 Å². The predicted molar refractivity (Wildman–Crippen MR) is 103 cm³/mol. The summed E-state index contributed by atoms with van der Waals surface area (Å²) in [6.45, 7) is 0. The van der Waals surface area contributed by atoms with Gasteiger partial charge >= 0.3 is 0 Å². The number of hydrogen-bond donors (Lipinski definition) is 2. The molecule has 0 saturated carbocycles. The lowest BCUT2D eigenvalue weighted by Gasteiger charge is -2.29. The van der Waals surface area contributed by atoms with Gasteiger partial charge in [0.05, 0.1) is 0 Å². The van der Waals surface area contributed by atoms with Crippen molar-refractivity contribution in [2.24, 2.45) is 4.99 Å². The molecule has 0 bridgehead atoms. The third kappa shape index (κ3) is 2.53. The van der Waals surface area contributed by atoms with E-state index in [0.29, 0.717) is 0 Å². The molecule has 2 aromatic carbocycles. The summed E-state index contributed by atoms with van der Waals surface area (Å²) in [4.78, 5) is 5.47. The summed E-state index contributed by atoms with van der Waals surface area (Å²) in [6, 6.07) is 20.4. The van der Waals surface area contributed by atoms with E-state index in [1.54, 1.807) is 18.4 Å². The van der Waals surface area contributed by atoms with Crippen LogP contribution in [0.1, 0.15) is 16.6 Å². The van der Waals surface area contributed by atoms with Crippen LogP contribution in [0.4, 0.5) is 5.82 Å². The van der Waals surface area contributed by atoms with E-state index in [0.717, 1.165) is 31.7 Å². The summed E-state index contributed by atoms with van der Waals surface area (Å²) in [6.07, 6.45) is -0.0450. The first-order valence-corrected chi connectivity index (χ1v) is 8.87. The van der Waals surface area contributed by atoms with Crippen LogP contribution in [0.25, 0.3) is 5.69 Å². The summed E-state index contributed by atoms with van der Waals surface area (Å²) >= 11 is 7.18. The number of benzene rings is 2. The molecule has 2 N–H and O–H groups in total. The third-order valence-electron chi connectivity index (χ3n) is 3.96. The maximum absolute atomic E-state index is 5.62. The Bertz CT molecular complexity index is 942. The monoisotopic (exact) mass is 352 g/mol. The summed E-state index contributed by atoms with van der Waals surface area (Å²) in [5, 5.41) is 7.04. The molecule has 2 heterocycles. The molecule has 0 radical (unpaired) electrons. The fourth-order valence-electron chi connectivity index (χ4n) is 2.83. The zero-order valence-corrected chi connectivity index (χ0v) is 14.7. The van der Waals surface area contributed by atoms with Gasteiger partial charge in [0, 0.05) is 12.7 Å². The predicted octanol–water partition coefficient (Wildman–Crippen LogP) is 4.36. The Morgan fingerprint density at radius 3 is 2.33 bits per heavy atom. The van der Waals surface area contributed by atoms with Gasteiger partial charge in [-0.2, -0.15) is 0 Å². The molecule has 0 fully saturated rings. The van der Waals surface area contributed by atoms with Crippen LogP contribution in [0.15, 0.2) is 65.7 Å². The average Bonchev–Trinajstić information content (AvgIpc) is 2.98. The van der Waals surface area contributed by atoms with Crippen LogP contribution in [0.5, 0.6) is 0 Å². The van der Waals surface area contributed by atoms with E-state index in [1.165, 1.54) is 0 Å². The van der Waals surface area contributed by atoms with Crippen molar-refractivity contribution in [2.75, 3.05) is 12.4 Å². The van der Waals surface area contributed by atoms with Gasteiger partial charge in [0.25, 0.3) is 0 Å². The number of nitrogens with one attached hydrogen (secondary N) is 2. The summed E-state index contributed by atoms with van der Waals surface area (Å²) in [5.41, 5.74) is 2.21. The van der Waals surface area contributed by atoms with Crippen LogP contribution in [-0.2, 0) is 0 Å². The van der Waals surface area contributed by atoms with Crippen molar-refractivity contribution in [3.05, 3.63) is 75.1 Å². The standard InChI is InChI=1S/C18H16N4S2/c1-19-16-14-17(21-15(20-16)12-8-4-2-5-9-12)22(18(23)24-14)13-10-6-3-7-11-13/h2-11,15,21H,1H3,(H,19,20). The highest BCUT2D eigenvalue weighted by molar-refractivity contribution is 7.73. The molecule has 0 amide bonds. The lowest BCUT2D eigenvalue weighted by Crippen LogP contribution is -2.39. The average molecular weight is 352 g/mol. The molecule has 6 heteroatoms. The number of hydrogen-bond acceptors (Lipinski definition) is 4. The molecule has 1 aliphatic heterocycles. The Hall–Kier alpha value is -2.44. The maximum Gasteiger partial charge on any atom is 0.168 e. The van der Waals surface area contributed by atoms with Crippen molar-refractivity contribution in [1.29, 1.82) is 0 Å². The Morgan fingerprint density at radius 2 is 1.67 bits per heavy atom. The molecule has 1 aliphatic rings. The fraction of sp³-hybridized carbons (Fsp3) is 0.111. The van der Waals surface area contributed by atoms with Gasteiger partial charge in [0.2, 0.25) is 0 Å². The quantitative estimate of drug-likeness (QED) is 0.674. The molecule has 1 unspecified atom stereocenters. The Balaban J connectivity index is 1.86. The molecule has 3 aromatic rings. The van der Waals surface area contributed by atoms with Gasteiger partial charge in [-0.1, -0.05) is 59.9 Å². The van der Waals surface area contributed by atoms with E-state index < -0.39 is 0 Å². The van der Waals surface area contributed by atoms with Gasteiger partial charge in [-0.25, -0.2) is 0 Å². The number of aromatic nitrogens is 1. The van der Waals surface area contributed by atoms with Crippen molar-refractivity contribution in [2.45, 2.75) is 6.17 Å². The first-order chi connectivity index (χ1) is 11.8. The van der Waals surface area contributed by atoms with Gasteiger partial charge in [-0.3, -0.25) is 9.56 Å². The Kier molecular flexibility index (Phi) is 3.92. The van der Waals surface area contributed by atoms with Gasteiger partial charge in [-0.05, 0) is 29.9 Å². The van der Waals surface area contributed by atoms with Crippen molar-refractivity contribution in [3.8, 4) is 5.69 Å². The zero-order chi connectivity index (χ0) is 16.5. The van der Waals surface area contributed by atoms with Gasteiger partial charge < -0.3 is 10.6 Å². The maximum atomic E-state index is 5.62. The molecular weight excluding hydrogens is 336 g/mol. The molecule has 120 valence electrons. The van der Waals surface area contributed by atoms with Crippen LogP contribution < -0.4 is 10.6 Å². The molecule has 4 rings (SSSR count). The fourth-order valence-corrected chi connectivity index (χ4v) is 4.23. The second-order valence-corrected chi connectivity index (χ2v) is 7.07. The number of para-hydroxylation sites is 1. The first-order valence-electron chi connectivity index (χ1n) is 7.64. The molecule has 0 aliphatic carbocycles. The van der Waals surface area contributed by atoms with E-state index in [1.807, 2.05) is 36.4 Å². The number of aliphatic imine (C=N–C) groups is 1. The number of thiazole rings is 1. The summed E-state index contributed by atoms with van der Waals surface area (Å²) in [5.74, 6) is 1.85. The van der Waals surface area contributed by atoms with Gasteiger partial charge in [-0.15, -0.1) is 0 Å². The second kappa shape index (κ2) is 6.22. The highest BCUT2D eigenvalue weighted by Crippen LogP contribution is 2.34. The third-order valence-corrected chi connectivity index (χ3v) is 5.34. The first kappa shape index (κ1) is 15.1. The lowest BCUT2D eigenvalue weighted by atomic mass is 10.1. The van der Waals surface area contributed by atoms with Crippen molar-refractivity contribution in [3.63, 3.8) is 0 Å². The Labute approximate surface area is 149 Å². The van der Waals surface area contributed by atoms with Crippen LogP contribution >= 0.6 is 23.6 Å². The summed E-state index contributed by atoms with van der Waals surface area (Å²) in [7, 11) is 1.80. The van der Waals surface area contributed by atoms with Crippen LogP contribution in [0.2, 0.25) is 0 Å². The normalized spacial score (nSPS) is 17.9. The summed E-state index contributed by atoms with van der Waals surface area (Å²) < 4.78 is 2.88. The van der Waals surface area contributed by atoms with Crippen LogP contribution in [-0.4, -0.2) is 17.5 Å². The minimum absolute atomic E-state index is 0.0450. The van der Waals surface area contributed by atoms with E-state index in [2.05, 4.69) is 44.5 Å². The highest BCUT2D eigenvalue weighted by Gasteiger charge is 2.28. The number of fused-ring (bicyclic) bond motifs is 1. The van der Waals surface area contributed by atoms with E-state index in [-0.39, 0.29) is 6.17 Å². The molecule has 1 atom stereocenters. The number of anilines is 1. The van der Waals surface area contributed by atoms with Crippen LogP contribution in [0.3, 0.4) is 0 Å². The minimum atomic E-state index is -0.0450. The number of nitrogens with zero attached hydrogens (tertiary/aromatic N) is 2. The molecule has 4 nitrogen and oxygen atoms in total. The van der Waals surface area contributed by atoms with Crippen LogP contribution in [0, 0.1) is 3.95 Å². The topological polar surface area (TPSA) is 41.4 Å². The van der Waals surface area contributed by atoms with E-state index in [9.17, 15) is 0 Å². The highest BCUT2D eigenvalue weighted by atomic mass is 32.1. The minimum Gasteiger partial charge on any atom is -0.346 e. The zero-order valence-electron chi connectivity index (χ0n) is 13.1. The molecule has 24 heavy (non-hydrogen) atoms.